The minimum absolute atomic E-state index is 0.0606. The number of carbonyl (C=O) groups excluding carboxylic acids is 2. The lowest BCUT2D eigenvalue weighted by Crippen LogP contribution is -2.19. The molecule has 4 heteroatoms. The highest BCUT2D eigenvalue weighted by Gasteiger charge is 2.15. The molecule has 0 amide bonds. The van der Waals surface area contributed by atoms with Crippen LogP contribution in [0.2, 0.25) is 0 Å². The van der Waals surface area contributed by atoms with Gasteiger partial charge in [-0.3, -0.25) is 0 Å². The summed E-state index contributed by atoms with van der Waals surface area (Å²) in [6, 6.07) is 0. The molecule has 0 heterocycles. The van der Waals surface area contributed by atoms with Gasteiger partial charge in [0.25, 0.3) is 0 Å². The van der Waals surface area contributed by atoms with E-state index in [2.05, 4.69) is 4.74 Å². The Kier molecular flexibility index (Phi) is 6.07. The van der Waals surface area contributed by atoms with E-state index in [0.29, 0.717) is 0 Å². The quantitative estimate of drug-likeness (QED) is 0.428. The first-order valence-electron chi connectivity index (χ1n) is 5.85. The average Bonchev–Trinajstić information content (AvgIpc) is 2.35. The average molecular weight is 238 g/mol. The number of esters is 2. The van der Waals surface area contributed by atoms with Gasteiger partial charge >= 0.3 is 11.9 Å². The fourth-order valence-corrected chi connectivity index (χ4v) is 1.72. The van der Waals surface area contributed by atoms with Crippen molar-refractivity contribution in [3.05, 3.63) is 24.3 Å². The van der Waals surface area contributed by atoms with Crippen LogP contribution >= 0.6 is 0 Å². The first kappa shape index (κ1) is 13.5. The van der Waals surface area contributed by atoms with Gasteiger partial charge in [-0.15, -0.1) is 0 Å². The van der Waals surface area contributed by atoms with E-state index in [0.717, 1.165) is 25.7 Å². The topological polar surface area (TPSA) is 52.6 Å². The molecule has 0 atom stereocenters. The first-order valence-corrected chi connectivity index (χ1v) is 5.85. The molecule has 94 valence electrons. The Morgan fingerprint density at radius 2 is 1.59 bits per heavy atom. The number of methoxy groups -OCH3 is 1. The molecule has 1 saturated carbocycles. The normalized spacial score (nSPS) is 17.5. The van der Waals surface area contributed by atoms with Crippen molar-refractivity contribution in [3.63, 3.8) is 0 Å². The standard InChI is InChI=1S/C13H18O4/c1-16-12(14)9-5-6-10-13(15)17-11-7-3-2-4-8-11/h5-6,9-11H,2-4,7-8H2,1H3/b9-5+,10-6+. The predicted octanol–water partition coefficient (Wildman–Crippen LogP) is 2.15. The van der Waals surface area contributed by atoms with Crippen molar-refractivity contribution in [1.29, 1.82) is 0 Å². The van der Waals surface area contributed by atoms with Crippen molar-refractivity contribution in [2.75, 3.05) is 7.11 Å². The van der Waals surface area contributed by atoms with E-state index in [1.807, 2.05) is 0 Å². The highest BCUT2D eigenvalue weighted by molar-refractivity contribution is 5.84. The summed E-state index contributed by atoms with van der Waals surface area (Å²) in [6.45, 7) is 0. The number of ether oxygens (including phenoxy) is 2. The zero-order valence-corrected chi connectivity index (χ0v) is 10.1. The van der Waals surface area contributed by atoms with Crippen LogP contribution in [0.15, 0.2) is 24.3 Å². The van der Waals surface area contributed by atoms with E-state index in [9.17, 15) is 9.59 Å². The summed E-state index contributed by atoms with van der Waals surface area (Å²) in [7, 11) is 1.30. The minimum atomic E-state index is -0.449. The van der Waals surface area contributed by atoms with Crippen LogP contribution in [-0.2, 0) is 19.1 Å². The molecule has 1 fully saturated rings. The van der Waals surface area contributed by atoms with Crippen LogP contribution in [0.5, 0.6) is 0 Å². The number of rotatable bonds is 4. The third-order valence-electron chi connectivity index (χ3n) is 2.61. The maximum atomic E-state index is 11.4. The van der Waals surface area contributed by atoms with E-state index in [-0.39, 0.29) is 12.1 Å². The summed E-state index contributed by atoms with van der Waals surface area (Å²) in [5.74, 6) is -0.804. The zero-order valence-electron chi connectivity index (χ0n) is 10.1. The SMILES string of the molecule is COC(=O)/C=C/C=C/C(=O)OC1CCCCC1. The molecular formula is C13H18O4. The summed E-state index contributed by atoms with van der Waals surface area (Å²) in [6.07, 6.45) is 10.9. The van der Waals surface area contributed by atoms with Gasteiger partial charge in [0, 0.05) is 12.2 Å². The molecule has 0 saturated heterocycles. The van der Waals surface area contributed by atoms with E-state index < -0.39 is 5.97 Å². The summed E-state index contributed by atoms with van der Waals surface area (Å²) < 4.78 is 9.65. The maximum absolute atomic E-state index is 11.4. The van der Waals surface area contributed by atoms with Gasteiger partial charge in [0.1, 0.15) is 6.10 Å². The maximum Gasteiger partial charge on any atom is 0.331 e. The molecule has 0 spiro atoms. The number of hydrogen-bond acceptors (Lipinski definition) is 4. The monoisotopic (exact) mass is 238 g/mol. The molecule has 0 unspecified atom stereocenters. The van der Waals surface area contributed by atoms with Gasteiger partial charge in [0.2, 0.25) is 0 Å². The van der Waals surface area contributed by atoms with Crippen molar-refractivity contribution < 1.29 is 19.1 Å². The van der Waals surface area contributed by atoms with Crippen LogP contribution in [0.25, 0.3) is 0 Å². The van der Waals surface area contributed by atoms with Crippen LogP contribution in [0.3, 0.4) is 0 Å². The Labute approximate surface area is 101 Å². The smallest absolute Gasteiger partial charge is 0.331 e. The lowest BCUT2D eigenvalue weighted by molar-refractivity contribution is -0.144. The fourth-order valence-electron chi connectivity index (χ4n) is 1.72. The van der Waals surface area contributed by atoms with Crippen molar-refractivity contribution in [2.45, 2.75) is 38.2 Å². The number of hydrogen-bond donors (Lipinski definition) is 0. The summed E-state index contributed by atoms with van der Waals surface area (Å²) in [5.41, 5.74) is 0. The number of carbonyl (C=O) groups is 2. The third kappa shape index (κ3) is 5.90. The lowest BCUT2D eigenvalue weighted by atomic mass is 9.98. The predicted molar refractivity (Wildman–Crippen MR) is 63.3 cm³/mol. The molecule has 0 bridgehead atoms. The zero-order chi connectivity index (χ0) is 12.5. The Balaban J connectivity index is 2.26. The molecule has 4 nitrogen and oxygen atoms in total. The van der Waals surface area contributed by atoms with E-state index in [1.54, 1.807) is 0 Å². The highest BCUT2D eigenvalue weighted by atomic mass is 16.5. The van der Waals surface area contributed by atoms with Crippen molar-refractivity contribution in [3.8, 4) is 0 Å². The minimum Gasteiger partial charge on any atom is -0.466 e. The van der Waals surface area contributed by atoms with Gasteiger partial charge in [0.15, 0.2) is 0 Å². The lowest BCUT2D eigenvalue weighted by Gasteiger charge is -2.20. The van der Waals surface area contributed by atoms with Crippen LogP contribution < -0.4 is 0 Å². The molecule has 0 N–H and O–H groups in total. The van der Waals surface area contributed by atoms with Gasteiger partial charge in [-0.2, -0.15) is 0 Å². The van der Waals surface area contributed by atoms with Gasteiger partial charge in [-0.1, -0.05) is 18.6 Å². The van der Waals surface area contributed by atoms with Crippen LogP contribution in [-0.4, -0.2) is 25.2 Å². The summed E-state index contributed by atoms with van der Waals surface area (Å²) >= 11 is 0. The largest absolute Gasteiger partial charge is 0.466 e. The molecule has 0 aromatic carbocycles. The van der Waals surface area contributed by atoms with Gasteiger partial charge < -0.3 is 9.47 Å². The van der Waals surface area contributed by atoms with Gasteiger partial charge in [-0.25, -0.2) is 9.59 Å². The Morgan fingerprint density at radius 1 is 1.00 bits per heavy atom. The highest BCUT2D eigenvalue weighted by Crippen LogP contribution is 2.20. The summed E-state index contributed by atoms with van der Waals surface area (Å²) in [4.78, 5) is 22.1. The van der Waals surface area contributed by atoms with E-state index in [4.69, 9.17) is 4.74 Å². The molecule has 1 aliphatic carbocycles. The van der Waals surface area contributed by atoms with Crippen molar-refractivity contribution in [2.24, 2.45) is 0 Å². The molecule has 1 aliphatic rings. The van der Waals surface area contributed by atoms with Crippen molar-refractivity contribution in [1.82, 2.24) is 0 Å². The second-order valence-corrected chi connectivity index (χ2v) is 3.94. The summed E-state index contributed by atoms with van der Waals surface area (Å²) in [5, 5.41) is 0. The molecule has 1 rings (SSSR count). The Hall–Kier alpha value is -1.58. The second-order valence-electron chi connectivity index (χ2n) is 3.94. The van der Waals surface area contributed by atoms with Gasteiger partial charge in [-0.05, 0) is 25.7 Å². The van der Waals surface area contributed by atoms with Crippen LogP contribution in [0, 0.1) is 0 Å². The van der Waals surface area contributed by atoms with Crippen LogP contribution in [0.4, 0.5) is 0 Å². The molecule has 0 aliphatic heterocycles. The van der Waals surface area contributed by atoms with E-state index in [1.165, 1.54) is 37.8 Å². The third-order valence-corrected chi connectivity index (χ3v) is 2.61. The molecule has 17 heavy (non-hydrogen) atoms. The van der Waals surface area contributed by atoms with E-state index >= 15 is 0 Å². The molecule has 0 aromatic rings. The first-order chi connectivity index (χ1) is 8.22. The van der Waals surface area contributed by atoms with Gasteiger partial charge in [0.05, 0.1) is 7.11 Å². The fraction of sp³-hybridized carbons (Fsp3) is 0.538. The molecular weight excluding hydrogens is 220 g/mol. The second kappa shape index (κ2) is 7.65. The van der Waals surface area contributed by atoms with Crippen LogP contribution in [0.1, 0.15) is 32.1 Å². The Bertz CT molecular complexity index is 311. The number of allylic oxidation sites excluding steroid dienone is 2. The molecule has 0 aromatic heterocycles. The van der Waals surface area contributed by atoms with Crippen molar-refractivity contribution >= 4 is 11.9 Å². The Morgan fingerprint density at radius 3 is 2.18 bits per heavy atom. The molecule has 0 radical (unpaired) electrons.